The van der Waals surface area contributed by atoms with Gasteiger partial charge in [0, 0.05) is 45.2 Å². The van der Waals surface area contributed by atoms with E-state index in [2.05, 4.69) is 79.4 Å². The van der Waals surface area contributed by atoms with Crippen LogP contribution in [0.2, 0.25) is 0 Å². The average Bonchev–Trinajstić information content (AvgIpc) is 3.55. The number of aryl methyl sites for hydroxylation is 1. The standard InChI is InChI=1S/C26H23N7S/c1-15-7-8-23(34-15)18-5-4-6-20-24(18)30-26(29-20)25-19-10-21(28-13-22(19)31-32-25)17-9-16(11-27-12-17)14-33(2)3/h4-13H,14H2,1-3H3,(H,29,30)(H,31,32). The monoisotopic (exact) mass is 465 g/mol. The third-order valence-electron chi connectivity index (χ3n) is 5.78. The lowest BCUT2D eigenvalue weighted by molar-refractivity contribution is 0.402. The van der Waals surface area contributed by atoms with Gasteiger partial charge in [-0.25, -0.2) is 4.98 Å². The van der Waals surface area contributed by atoms with E-state index < -0.39 is 0 Å². The number of nitrogens with one attached hydrogen (secondary N) is 2. The molecule has 0 atom stereocenters. The Hall–Kier alpha value is -3.88. The Bertz CT molecular complexity index is 1640. The van der Waals surface area contributed by atoms with Gasteiger partial charge in [0.25, 0.3) is 0 Å². The second-order valence-electron chi connectivity index (χ2n) is 8.70. The summed E-state index contributed by atoms with van der Waals surface area (Å²) in [6, 6.07) is 14.7. The number of aromatic amines is 2. The predicted octanol–water partition coefficient (Wildman–Crippen LogP) is 5.66. The summed E-state index contributed by atoms with van der Waals surface area (Å²) in [5.74, 6) is 0.735. The molecule has 34 heavy (non-hydrogen) atoms. The molecular formula is C26H23N7S. The Morgan fingerprint density at radius 2 is 1.91 bits per heavy atom. The van der Waals surface area contributed by atoms with Gasteiger partial charge < -0.3 is 9.88 Å². The van der Waals surface area contributed by atoms with Gasteiger partial charge in [0.15, 0.2) is 5.82 Å². The van der Waals surface area contributed by atoms with Crippen molar-refractivity contribution in [1.82, 2.24) is 35.0 Å². The first-order valence-electron chi connectivity index (χ1n) is 11.0. The SMILES string of the molecule is Cc1ccc(-c2cccc3[nH]c(-c4n[nH]c5cnc(-c6cncc(CN(C)C)c6)cc45)nc23)s1. The molecule has 0 aliphatic carbocycles. The minimum Gasteiger partial charge on any atom is -0.337 e. The van der Waals surface area contributed by atoms with Gasteiger partial charge in [-0.05, 0) is 56.9 Å². The number of fused-ring (bicyclic) bond motifs is 2. The van der Waals surface area contributed by atoms with E-state index in [1.807, 2.05) is 32.7 Å². The van der Waals surface area contributed by atoms with E-state index in [4.69, 9.17) is 4.98 Å². The number of nitrogens with zero attached hydrogens (tertiary/aromatic N) is 5. The fourth-order valence-corrected chi connectivity index (χ4v) is 5.15. The van der Waals surface area contributed by atoms with Gasteiger partial charge in [-0.3, -0.25) is 15.1 Å². The quantitative estimate of drug-likeness (QED) is 0.343. The van der Waals surface area contributed by atoms with Crippen molar-refractivity contribution in [2.24, 2.45) is 0 Å². The molecule has 168 valence electrons. The molecule has 6 rings (SSSR count). The van der Waals surface area contributed by atoms with Gasteiger partial charge >= 0.3 is 0 Å². The van der Waals surface area contributed by atoms with E-state index in [-0.39, 0.29) is 0 Å². The Kier molecular flexibility index (Phi) is 4.97. The van der Waals surface area contributed by atoms with Crippen LogP contribution in [-0.2, 0) is 6.54 Å². The molecule has 0 spiro atoms. The van der Waals surface area contributed by atoms with E-state index in [0.717, 1.165) is 62.4 Å². The predicted molar refractivity (Wildman–Crippen MR) is 138 cm³/mol. The lowest BCUT2D eigenvalue weighted by Gasteiger charge is -2.10. The zero-order chi connectivity index (χ0) is 23.2. The molecule has 2 N–H and O–H groups in total. The maximum atomic E-state index is 4.97. The first-order chi connectivity index (χ1) is 16.5. The Morgan fingerprint density at radius 3 is 2.74 bits per heavy atom. The molecule has 6 aromatic rings. The van der Waals surface area contributed by atoms with E-state index in [1.165, 1.54) is 9.75 Å². The van der Waals surface area contributed by atoms with Crippen molar-refractivity contribution < 1.29 is 0 Å². The molecule has 5 aromatic heterocycles. The third kappa shape index (κ3) is 3.67. The van der Waals surface area contributed by atoms with Crippen molar-refractivity contribution in [2.75, 3.05) is 14.1 Å². The lowest BCUT2D eigenvalue weighted by Crippen LogP contribution is -2.10. The van der Waals surface area contributed by atoms with Gasteiger partial charge in [0.05, 0.1) is 28.4 Å². The highest BCUT2D eigenvalue weighted by molar-refractivity contribution is 7.15. The van der Waals surface area contributed by atoms with Crippen LogP contribution in [0.15, 0.2) is 61.1 Å². The second-order valence-corrected chi connectivity index (χ2v) is 9.99. The van der Waals surface area contributed by atoms with Gasteiger partial charge in [-0.15, -0.1) is 11.3 Å². The topological polar surface area (TPSA) is 86.4 Å². The second kappa shape index (κ2) is 8.16. The van der Waals surface area contributed by atoms with Crippen LogP contribution < -0.4 is 0 Å². The normalized spacial score (nSPS) is 11.8. The molecule has 8 heteroatoms. The molecule has 0 bridgehead atoms. The molecule has 0 unspecified atom stereocenters. The number of benzene rings is 1. The highest BCUT2D eigenvalue weighted by Gasteiger charge is 2.17. The van der Waals surface area contributed by atoms with E-state index in [0.29, 0.717) is 0 Å². The number of hydrogen-bond donors (Lipinski definition) is 2. The van der Waals surface area contributed by atoms with Crippen LogP contribution in [-0.4, -0.2) is 49.1 Å². The van der Waals surface area contributed by atoms with E-state index in [1.54, 1.807) is 11.3 Å². The molecule has 7 nitrogen and oxygen atoms in total. The van der Waals surface area contributed by atoms with Crippen LogP contribution in [0.1, 0.15) is 10.4 Å². The summed E-state index contributed by atoms with van der Waals surface area (Å²) >= 11 is 1.78. The molecule has 1 aromatic carbocycles. The highest BCUT2D eigenvalue weighted by atomic mass is 32.1. The number of aromatic nitrogens is 6. The molecular weight excluding hydrogens is 442 g/mol. The number of para-hydroxylation sites is 1. The Balaban J connectivity index is 1.45. The van der Waals surface area contributed by atoms with Crippen molar-refractivity contribution in [1.29, 1.82) is 0 Å². The van der Waals surface area contributed by atoms with E-state index >= 15 is 0 Å². The minimum atomic E-state index is 0.735. The number of imidazole rings is 1. The van der Waals surface area contributed by atoms with Gasteiger partial charge in [0.2, 0.25) is 0 Å². The van der Waals surface area contributed by atoms with Crippen molar-refractivity contribution in [2.45, 2.75) is 13.5 Å². The summed E-state index contributed by atoms with van der Waals surface area (Å²) in [7, 11) is 4.10. The molecule has 0 aliphatic heterocycles. The number of H-pyrrole nitrogens is 2. The smallest absolute Gasteiger partial charge is 0.159 e. The number of pyridine rings is 2. The maximum absolute atomic E-state index is 4.97. The van der Waals surface area contributed by atoms with Crippen molar-refractivity contribution in [3.05, 3.63) is 71.5 Å². The lowest BCUT2D eigenvalue weighted by atomic mass is 10.1. The fourth-order valence-electron chi connectivity index (χ4n) is 4.26. The maximum Gasteiger partial charge on any atom is 0.159 e. The van der Waals surface area contributed by atoms with Crippen LogP contribution >= 0.6 is 11.3 Å². The summed E-state index contributed by atoms with van der Waals surface area (Å²) in [4.78, 5) is 22.1. The summed E-state index contributed by atoms with van der Waals surface area (Å²) in [6.45, 7) is 2.95. The summed E-state index contributed by atoms with van der Waals surface area (Å²) in [5.41, 5.74) is 7.69. The van der Waals surface area contributed by atoms with Crippen LogP contribution in [0.25, 0.3) is 55.2 Å². The third-order valence-corrected chi connectivity index (χ3v) is 6.81. The fraction of sp³-hybridized carbons (Fsp3) is 0.154. The number of hydrogen-bond acceptors (Lipinski definition) is 6. The molecule has 0 radical (unpaired) electrons. The Morgan fingerprint density at radius 1 is 1.00 bits per heavy atom. The molecule has 0 amide bonds. The molecule has 0 aliphatic rings. The molecule has 0 fully saturated rings. The van der Waals surface area contributed by atoms with Gasteiger partial charge in [-0.2, -0.15) is 5.10 Å². The van der Waals surface area contributed by atoms with Gasteiger partial charge in [-0.1, -0.05) is 12.1 Å². The number of thiophene rings is 1. The van der Waals surface area contributed by atoms with Crippen LogP contribution in [0.4, 0.5) is 0 Å². The first-order valence-corrected chi connectivity index (χ1v) is 11.9. The summed E-state index contributed by atoms with van der Waals surface area (Å²) in [6.07, 6.45) is 5.57. The highest BCUT2D eigenvalue weighted by Crippen LogP contribution is 2.35. The van der Waals surface area contributed by atoms with E-state index in [9.17, 15) is 0 Å². The molecule has 5 heterocycles. The molecule has 0 saturated heterocycles. The Labute approximate surface area is 200 Å². The zero-order valence-electron chi connectivity index (χ0n) is 19.1. The van der Waals surface area contributed by atoms with Crippen molar-refractivity contribution in [3.8, 4) is 33.2 Å². The van der Waals surface area contributed by atoms with Gasteiger partial charge in [0.1, 0.15) is 5.69 Å². The zero-order valence-corrected chi connectivity index (χ0v) is 19.9. The largest absolute Gasteiger partial charge is 0.337 e. The summed E-state index contributed by atoms with van der Waals surface area (Å²) < 4.78 is 0. The summed E-state index contributed by atoms with van der Waals surface area (Å²) in [5, 5.41) is 8.65. The van der Waals surface area contributed by atoms with Crippen LogP contribution in [0, 0.1) is 6.92 Å². The average molecular weight is 466 g/mol. The molecule has 0 saturated carbocycles. The first kappa shape index (κ1) is 20.7. The van der Waals surface area contributed by atoms with Crippen LogP contribution in [0.3, 0.4) is 0 Å². The van der Waals surface area contributed by atoms with Crippen molar-refractivity contribution in [3.63, 3.8) is 0 Å². The van der Waals surface area contributed by atoms with Crippen molar-refractivity contribution >= 4 is 33.3 Å². The van der Waals surface area contributed by atoms with Crippen LogP contribution in [0.5, 0.6) is 0 Å². The minimum absolute atomic E-state index is 0.735. The number of rotatable bonds is 5.